The third-order valence-electron chi connectivity index (χ3n) is 4.05. The monoisotopic (exact) mass is 319 g/mol. The molecule has 1 saturated heterocycles. The molecule has 0 spiro atoms. The molecule has 23 heavy (non-hydrogen) atoms. The van der Waals surface area contributed by atoms with Crippen LogP contribution in [0.15, 0.2) is 36.7 Å². The zero-order valence-electron chi connectivity index (χ0n) is 13.2. The van der Waals surface area contributed by atoms with E-state index in [1.54, 1.807) is 22.9 Å². The molecule has 0 unspecified atom stereocenters. The predicted molar refractivity (Wildman–Crippen MR) is 84.8 cm³/mol. The molecule has 124 valence electrons. The van der Waals surface area contributed by atoms with Gasteiger partial charge in [0.05, 0.1) is 12.3 Å². The van der Waals surface area contributed by atoms with E-state index in [-0.39, 0.29) is 11.9 Å². The maximum atomic E-state index is 13.4. The fourth-order valence-electron chi connectivity index (χ4n) is 2.88. The molecule has 1 aromatic carbocycles. The van der Waals surface area contributed by atoms with Crippen molar-refractivity contribution in [2.75, 3.05) is 26.3 Å². The Balaban J connectivity index is 1.41. The molecule has 0 aliphatic carbocycles. The molecule has 2 heterocycles. The second-order valence-corrected chi connectivity index (χ2v) is 5.77. The number of ether oxygens (including phenoxy) is 2. The molecule has 0 radical (unpaired) electrons. The zero-order valence-corrected chi connectivity index (χ0v) is 13.2. The normalized spacial score (nSPS) is 20.8. The molecule has 1 aromatic heterocycles. The fourth-order valence-corrected chi connectivity index (χ4v) is 2.88. The molecule has 0 saturated carbocycles. The molecule has 1 fully saturated rings. The average Bonchev–Trinajstić information content (AvgIpc) is 3.17. The Bertz CT molecular complexity index is 632. The van der Waals surface area contributed by atoms with E-state index in [4.69, 9.17) is 9.47 Å². The number of rotatable bonds is 7. The van der Waals surface area contributed by atoms with Crippen molar-refractivity contribution in [2.24, 2.45) is 13.0 Å². The predicted octanol–water partition coefficient (Wildman–Crippen LogP) is 2.31. The summed E-state index contributed by atoms with van der Waals surface area (Å²) in [7, 11) is 1.91. The van der Waals surface area contributed by atoms with Gasteiger partial charge in [-0.15, -0.1) is 0 Å². The van der Waals surface area contributed by atoms with Crippen molar-refractivity contribution in [1.29, 1.82) is 0 Å². The molecule has 1 aliphatic heterocycles. The van der Waals surface area contributed by atoms with Crippen molar-refractivity contribution < 1.29 is 13.9 Å². The summed E-state index contributed by atoms with van der Waals surface area (Å²) >= 11 is 0. The highest BCUT2D eigenvalue weighted by atomic mass is 19.1. The average molecular weight is 319 g/mol. The quantitative estimate of drug-likeness (QED) is 0.796. The van der Waals surface area contributed by atoms with E-state index in [0.717, 1.165) is 25.1 Å². The summed E-state index contributed by atoms with van der Waals surface area (Å²) in [6.45, 7) is 2.73. The van der Waals surface area contributed by atoms with E-state index in [1.165, 1.54) is 6.07 Å². The van der Waals surface area contributed by atoms with Gasteiger partial charge in [-0.3, -0.25) is 4.68 Å². The Morgan fingerprint density at radius 1 is 1.43 bits per heavy atom. The maximum absolute atomic E-state index is 13.4. The molecule has 0 amide bonds. The number of para-hydroxylation sites is 1. The fraction of sp³-hybridized carbons (Fsp3) is 0.471. The molecule has 5 nitrogen and oxygen atoms in total. The van der Waals surface area contributed by atoms with E-state index in [0.29, 0.717) is 24.8 Å². The van der Waals surface area contributed by atoms with E-state index < -0.39 is 0 Å². The molecule has 6 heteroatoms. The second-order valence-electron chi connectivity index (χ2n) is 5.77. The van der Waals surface area contributed by atoms with Crippen molar-refractivity contribution in [3.8, 4) is 5.75 Å². The lowest BCUT2D eigenvalue weighted by molar-refractivity contribution is 0.0902. The van der Waals surface area contributed by atoms with Crippen LogP contribution in [0, 0.1) is 11.7 Å². The van der Waals surface area contributed by atoms with Crippen molar-refractivity contribution in [2.45, 2.75) is 12.5 Å². The summed E-state index contributed by atoms with van der Waals surface area (Å²) in [4.78, 5) is 0. The Morgan fingerprint density at radius 3 is 3.09 bits per heavy atom. The van der Waals surface area contributed by atoms with Gasteiger partial charge < -0.3 is 14.8 Å². The summed E-state index contributed by atoms with van der Waals surface area (Å²) in [6.07, 6.45) is 5.00. The Hall–Kier alpha value is -1.92. The van der Waals surface area contributed by atoms with Crippen LogP contribution in [0.5, 0.6) is 5.75 Å². The van der Waals surface area contributed by atoms with Gasteiger partial charge in [0.1, 0.15) is 6.61 Å². The minimum Gasteiger partial charge on any atom is -0.489 e. The third-order valence-corrected chi connectivity index (χ3v) is 4.05. The van der Waals surface area contributed by atoms with Crippen molar-refractivity contribution in [3.05, 3.63) is 48.0 Å². The summed E-state index contributed by atoms with van der Waals surface area (Å²) < 4.78 is 26.5. The van der Waals surface area contributed by atoms with E-state index >= 15 is 0 Å². The topological polar surface area (TPSA) is 48.3 Å². The first-order chi connectivity index (χ1) is 11.2. The number of hydrogen-bond acceptors (Lipinski definition) is 4. The first-order valence-electron chi connectivity index (χ1n) is 7.92. The van der Waals surface area contributed by atoms with Crippen LogP contribution in [0.25, 0.3) is 0 Å². The molecule has 3 rings (SSSR count). The molecule has 2 atom stereocenters. The lowest BCUT2D eigenvalue weighted by Crippen LogP contribution is -2.28. The minimum absolute atomic E-state index is 0.101. The highest BCUT2D eigenvalue weighted by Crippen LogP contribution is 2.33. The lowest BCUT2D eigenvalue weighted by Gasteiger charge is -2.18. The second kappa shape index (κ2) is 7.57. The number of aromatic nitrogens is 2. The van der Waals surface area contributed by atoms with Crippen LogP contribution in [-0.2, 0) is 11.8 Å². The van der Waals surface area contributed by atoms with Crippen LogP contribution in [0.1, 0.15) is 18.1 Å². The molecule has 1 N–H and O–H groups in total. The molecule has 2 aromatic rings. The van der Waals surface area contributed by atoms with Crippen molar-refractivity contribution >= 4 is 0 Å². The van der Waals surface area contributed by atoms with Crippen LogP contribution in [0.2, 0.25) is 0 Å². The third kappa shape index (κ3) is 4.09. The number of nitrogens with one attached hydrogen (secondary N) is 1. The van der Waals surface area contributed by atoms with Crippen LogP contribution in [-0.4, -0.2) is 36.1 Å². The lowest BCUT2D eigenvalue weighted by atomic mass is 9.97. The van der Waals surface area contributed by atoms with Gasteiger partial charge in [0.15, 0.2) is 11.6 Å². The van der Waals surface area contributed by atoms with Gasteiger partial charge in [0, 0.05) is 44.4 Å². The first-order valence-corrected chi connectivity index (χ1v) is 7.92. The minimum atomic E-state index is -0.326. The van der Waals surface area contributed by atoms with Crippen LogP contribution >= 0.6 is 0 Å². The van der Waals surface area contributed by atoms with Gasteiger partial charge in [-0.2, -0.15) is 5.10 Å². The van der Waals surface area contributed by atoms with Crippen molar-refractivity contribution in [3.63, 3.8) is 0 Å². The summed E-state index contributed by atoms with van der Waals surface area (Å²) in [5.74, 6) is 0.396. The first kappa shape index (κ1) is 16.0. The van der Waals surface area contributed by atoms with E-state index in [1.807, 2.05) is 19.4 Å². The summed E-state index contributed by atoms with van der Waals surface area (Å²) in [5.41, 5.74) is 1.12. The van der Waals surface area contributed by atoms with Crippen LogP contribution < -0.4 is 10.1 Å². The largest absolute Gasteiger partial charge is 0.489 e. The van der Waals surface area contributed by atoms with Crippen LogP contribution in [0.4, 0.5) is 4.39 Å². The number of aryl methyl sites for hydroxylation is 1. The highest BCUT2D eigenvalue weighted by Gasteiger charge is 2.30. The van der Waals surface area contributed by atoms with Crippen LogP contribution in [0.3, 0.4) is 0 Å². The number of benzene rings is 1. The number of halogens is 1. The maximum Gasteiger partial charge on any atom is 0.165 e. The molecule has 0 bridgehead atoms. The molecular formula is C17H22FN3O2. The number of hydrogen-bond donors (Lipinski definition) is 1. The van der Waals surface area contributed by atoms with Gasteiger partial charge >= 0.3 is 0 Å². The molecule has 1 aliphatic rings. The van der Waals surface area contributed by atoms with Gasteiger partial charge in [-0.1, -0.05) is 12.1 Å². The number of nitrogens with zero attached hydrogens (tertiary/aromatic N) is 2. The highest BCUT2D eigenvalue weighted by molar-refractivity contribution is 5.23. The van der Waals surface area contributed by atoms with E-state index in [2.05, 4.69) is 10.4 Å². The van der Waals surface area contributed by atoms with Gasteiger partial charge in [-0.05, 0) is 18.6 Å². The SMILES string of the molecule is Cn1cc([C@H]2OCC[C@@H]2CNCCOc2ccccc2F)cn1. The summed E-state index contributed by atoms with van der Waals surface area (Å²) in [6, 6.07) is 6.45. The zero-order chi connectivity index (χ0) is 16.1. The van der Waals surface area contributed by atoms with Crippen molar-refractivity contribution in [1.82, 2.24) is 15.1 Å². The van der Waals surface area contributed by atoms with E-state index in [9.17, 15) is 4.39 Å². The Labute approximate surface area is 135 Å². The van der Waals surface area contributed by atoms with Gasteiger partial charge in [-0.25, -0.2) is 4.39 Å². The standard InChI is InChI=1S/C17H22FN3O2/c1-21-12-14(11-20-21)17-13(6-8-23-17)10-19-7-9-22-16-5-3-2-4-15(16)18/h2-5,11-13,17,19H,6-10H2,1H3/t13-,17+/m1/s1. The van der Waals surface area contributed by atoms with Gasteiger partial charge in [0.2, 0.25) is 0 Å². The Morgan fingerprint density at radius 2 is 2.30 bits per heavy atom. The molecular weight excluding hydrogens is 297 g/mol. The van der Waals surface area contributed by atoms with Gasteiger partial charge in [0.25, 0.3) is 0 Å². The smallest absolute Gasteiger partial charge is 0.165 e. The Kier molecular flexibility index (Phi) is 5.25. The summed E-state index contributed by atoms with van der Waals surface area (Å²) in [5, 5.41) is 7.58.